The van der Waals surface area contributed by atoms with E-state index in [1.165, 1.54) is 23.8 Å². The SMILES string of the molecule is Cc1ccc(S(=O)(=O)Nc2ccc(N3CCC(Cc4ccccc4)CC3)c(C(=O)O)c2)cc1.O=C(O)C(F)(F)F. The summed E-state index contributed by atoms with van der Waals surface area (Å²) >= 11 is 0. The normalized spacial score (nSPS) is 14.2. The standard InChI is InChI=1S/C26H28N2O4S.C2HF3O2/c1-19-7-10-23(11-8-19)33(31,32)27-22-9-12-25(24(18-22)26(29)30)28-15-13-21(14-16-28)17-20-5-3-2-4-6-20;3-2(4,5)1(6)7/h2-12,18,21,27H,13-17H2,1H3,(H,29,30);(H,6,7). The fraction of sp³-hybridized carbons (Fsp3) is 0.286. The van der Waals surface area contributed by atoms with E-state index < -0.39 is 28.1 Å². The van der Waals surface area contributed by atoms with Crippen LogP contribution in [0.5, 0.6) is 0 Å². The highest BCUT2D eigenvalue weighted by Crippen LogP contribution is 2.31. The van der Waals surface area contributed by atoms with E-state index in [-0.39, 0.29) is 16.1 Å². The van der Waals surface area contributed by atoms with E-state index in [0.29, 0.717) is 11.6 Å². The molecule has 0 spiro atoms. The van der Waals surface area contributed by atoms with Crippen molar-refractivity contribution in [1.29, 1.82) is 0 Å². The van der Waals surface area contributed by atoms with Gasteiger partial charge in [0.2, 0.25) is 0 Å². The molecule has 1 heterocycles. The summed E-state index contributed by atoms with van der Waals surface area (Å²) in [6, 6.07) is 21.7. The fourth-order valence-corrected chi connectivity index (χ4v) is 5.35. The van der Waals surface area contributed by atoms with Gasteiger partial charge in [0.05, 0.1) is 16.1 Å². The van der Waals surface area contributed by atoms with Crippen LogP contribution < -0.4 is 9.62 Å². The molecule has 0 bridgehead atoms. The molecule has 0 atom stereocenters. The number of hydrogen-bond donors (Lipinski definition) is 3. The first kappa shape index (κ1) is 30.5. The number of piperidine rings is 1. The zero-order valence-corrected chi connectivity index (χ0v) is 22.4. The van der Waals surface area contributed by atoms with E-state index in [2.05, 4.69) is 33.9 Å². The second-order valence-electron chi connectivity index (χ2n) is 9.38. The third kappa shape index (κ3) is 8.47. The van der Waals surface area contributed by atoms with Crippen molar-refractivity contribution in [3.05, 3.63) is 89.5 Å². The van der Waals surface area contributed by atoms with Gasteiger partial charge in [-0.25, -0.2) is 18.0 Å². The van der Waals surface area contributed by atoms with Gasteiger partial charge in [0.25, 0.3) is 10.0 Å². The number of aromatic carboxylic acids is 1. The number of nitrogens with zero attached hydrogens (tertiary/aromatic N) is 1. The lowest BCUT2D eigenvalue weighted by atomic mass is 9.90. The Hall–Kier alpha value is -4.06. The maximum atomic E-state index is 12.7. The minimum absolute atomic E-state index is 0.0978. The van der Waals surface area contributed by atoms with Crippen LogP contribution in [-0.4, -0.2) is 49.8 Å². The summed E-state index contributed by atoms with van der Waals surface area (Å²) < 4.78 is 59.6. The van der Waals surface area contributed by atoms with Gasteiger partial charge in [0, 0.05) is 18.8 Å². The molecule has 1 aliphatic rings. The van der Waals surface area contributed by atoms with Crippen molar-refractivity contribution in [2.24, 2.45) is 5.92 Å². The highest BCUT2D eigenvalue weighted by atomic mass is 32.2. The van der Waals surface area contributed by atoms with Crippen molar-refractivity contribution in [3.8, 4) is 0 Å². The van der Waals surface area contributed by atoms with E-state index in [1.807, 2.05) is 13.0 Å². The first-order valence-corrected chi connectivity index (χ1v) is 13.8. The topological polar surface area (TPSA) is 124 Å². The smallest absolute Gasteiger partial charge is 0.478 e. The summed E-state index contributed by atoms with van der Waals surface area (Å²) in [5.41, 5.74) is 3.24. The number of sulfonamides is 1. The Morgan fingerprint density at radius 3 is 2.05 bits per heavy atom. The lowest BCUT2D eigenvalue weighted by Crippen LogP contribution is -2.35. The number of aliphatic carboxylic acids is 1. The summed E-state index contributed by atoms with van der Waals surface area (Å²) in [6.07, 6.45) is -2.09. The number of aryl methyl sites for hydroxylation is 1. The number of nitrogens with one attached hydrogen (secondary N) is 1. The maximum Gasteiger partial charge on any atom is 0.490 e. The Kier molecular flexibility index (Phi) is 9.80. The summed E-state index contributed by atoms with van der Waals surface area (Å²) in [4.78, 5) is 23.1. The van der Waals surface area contributed by atoms with Crippen LogP contribution in [0.15, 0.2) is 77.7 Å². The molecule has 4 rings (SSSR count). The van der Waals surface area contributed by atoms with Crippen LogP contribution in [0.4, 0.5) is 24.5 Å². The second-order valence-corrected chi connectivity index (χ2v) is 11.1. The zero-order valence-electron chi connectivity index (χ0n) is 21.6. The molecule has 8 nitrogen and oxygen atoms in total. The minimum Gasteiger partial charge on any atom is -0.478 e. The first-order chi connectivity index (χ1) is 18.8. The molecule has 0 aromatic heterocycles. The van der Waals surface area contributed by atoms with Gasteiger partial charge >= 0.3 is 18.1 Å². The molecule has 0 unspecified atom stereocenters. The van der Waals surface area contributed by atoms with E-state index in [9.17, 15) is 31.5 Å². The van der Waals surface area contributed by atoms with Gasteiger partial charge in [-0.3, -0.25) is 4.72 Å². The number of benzene rings is 3. The van der Waals surface area contributed by atoms with Crippen molar-refractivity contribution in [2.75, 3.05) is 22.7 Å². The van der Waals surface area contributed by atoms with Gasteiger partial charge in [-0.1, -0.05) is 48.0 Å². The van der Waals surface area contributed by atoms with Crippen molar-refractivity contribution in [1.82, 2.24) is 0 Å². The van der Waals surface area contributed by atoms with E-state index in [1.54, 1.807) is 24.3 Å². The number of alkyl halides is 3. The van der Waals surface area contributed by atoms with Crippen molar-refractivity contribution in [2.45, 2.75) is 37.3 Å². The Balaban J connectivity index is 0.000000559. The lowest BCUT2D eigenvalue weighted by molar-refractivity contribution is -0.192. The van der Waals surface area contributed by atoms with Crippen molar-refractivity contribution in [3.63, 3.8) is 0 Å². The number of carboxylic acid groups (broad SMARTS) is 2. The Morgan fingerprint density at radius 2 is 1.52 bits per heavy atom. The van der Waals surface area contributed by atoms with Crippen LogP contribution in [0.2, 0.25) is 0 Å². The monoisotopic (exact) mass is 578 g/mol. The average molecular weight is 579 g/mol. The molecule has 0 amide bonds. The van der Waals surface area contributed by atoms with Gasteiger partial charge in [-0.15, -0.1) is 0 Å². The van der Waals surface area contributed by atoms with Gasteiger partial charge in [0.1, 0.15) is 0 Å². The lowest BCUT2D eigenvalue weighted by Gasteiger charge is -2.34. The van der Waals surface area contributed by atoms with Crippen LogP contribution in [-0.2, 0) is 21.2 Å². The molecule has 0 radical (unpaired) electrons. The molecule has 1 aliphatic heterocycles. The summed E-state index contributed by atoms with van der Waals surface area (Å²) in [5, 5.41) is 16.9. The number of carboxylic acids is 2. The predicted molar refractivity (Wildman–Crippen MR) is 144 cm³/mol. The molecule has 3 N–H and O–H groups in total. The van der Waals surface area contributed by atoms with Crippen LogP contribution in [0, 0.1) is 12.8 Å². The number of rotatable bonds is 7. The van der Waals surface area contributed by atoms with Crippen LogP contribution >= 0.6 is 0 Å². The van der Waals surface area contributed by atoms with Crippen LogP contribution in [0.3, 0.4) is 0 Å². The number of anilines is 2. The number of carbonyl (C=O) groups is 2. The summed E-state index contributed by atoms with van der Waals surface area (Å²) in [5.74, 6) is -3.27. The van der Waals surface area contributed by atoms with E-state index in [4.69, 9.17) is 9.90 Å². The molecule has 3 aromatic carbocycles. The van der Waals surface area contributed by atoms with Crippen LogP contribution in [0.1, 0.15) is 34.3 Å². The van der Waals surface area contributed by atoms with E-state index >= 15 is 0 Å². The zero-order chi connectivity index (χ0) is 29.5. The molecule has 1 fully saturated rings. The van der Waals surface area contributed by atoms with Gasteiger partial charge in [-0.05, 0) is 68.0 Å². The summed E-state index contributed by atoms with van der Waals surface area (Å²) in [6.45, 7) is 3.42. The van der Waals surface area contributed by atoms with Crippen LogP contribution in [0.25, 0.3) is 0 Å². The highest BCUT2D eigenvalue weighted by Gasteiger charge is 2.38. The third-order valence-electron chi connectivity index (χ3n) is 6.38. The Morgan fingerprint density at radius 1 is 0.950 bits per heavy atom. The number of halogens is 3. The molecule has 1 saturated heterocycles. The van der Waals surface area contributed by atoms with Crippen molar-refractivity contribution < 1.29 is 41.4 Å². The quantitative estimate of drug-likeness (QED) is 0.334. The van der Waals surface area contributed by atoms with Gasteiger partial charge < -0.3 is 15.1 Å². The summed E-state index contributed by atoms with van der Waals surface area (Å²) in [7, 11) is -3.80. The molecular weight excluding hydrogens is 549 g/mol. The third-order valence-corrected chi connectivity index (χ3v) is 7.77. The Bertz CT molecular complexity index is 1420. The molecule has 40 heavy (non-hydrogen) atoms. The Labute approximate surface area is 230 Å². The van der Waals surface area contributed by atoms with Gasteiger partial charge in [0.15, 0.2) is 0 Å². The number of hydrogen-bond acceptors (Lipinski definition) is 5. The largest absolute Gasteiger partial charge is 0.490 e. The van der Waals surface area contributed by atoms with Gasteiger partial charge in [-0.2, -0.15) is 13.2 Å². The average Bonchev–Trinajstić information content (AvgIpc) is 2.89. The minimum atomic E-state index is -5.08. The molecule has 214 valence electrons. The first-order valence-electron chi connectivity index (χ1n) is 12.3. The highest BCUT2D eigenvalue weighted by molar-refractivity contribution is 7.92. The molecule has 3 aromatic rings. The molecule has 12 heteroatoms. The predicted octanol–water partition coefficient (Wildman–Crippen LogP) is 5.59. The fourth-order valence-electron chi connectivity index (χ4n) is 4.30. The van der Waals surface area contributed by atoms with E-state index in [0.717, 1.165) is 37.9 Å². The van der Waals surface area contributed by atoms with Crippen molar-refractivity contribution >= 4 is 33.3 Å². The molecule has 0 saturated carbocycles. The second kappa shape index (κ2) is 12.9. The maximum absolute atomic E-state index is 12.7. The molecule has 0 aliphatic carbocycles. The molecular formula is C28H29F3N2O6S.